The zero-order chi connectivity index (χ0) is 15.2. The third kappa shape index (κ3) is 4.83. The van der Waals surface area contributed by atoms with Crippen molar-refractivity contribution in [2.75, 3.05) is 6.54 Å². The summed E-state index contributed by atoms with van der Waals surface area (Å²) in [5, 5.41) is 3.39. The topological polar surface area (TPSA) is 34.1 Å². The molecule has 0 radical (unpaired) electrons. The van der Waals surface area contributed by atoms with Crippen LogP contribution in [0.2, 0.25) is 0 Å². The summed E-state index contributed by atoms with van der Waals surface area (Å²) in [5.41, 5.74) is 2.06. The number of rotatable bonds is 6. The van der Waals surface area contributed by atoms with Crippen molar-refractivity contribution in [3.63, 3.8) is 0 Å². The van der Waals surface area contributed by atoms with Crippen LogP contribution in [0.1, 0.15) is 25.1 Å². The number of nitrogens with one attached hydrogen (secondary N) is 1. The van der Waals surface area contributed by atoms with Gasteiger partial charge in [-0.1, -0.05) is 26.0 Å². The number of pyridine rings is 1. The second kappa shape index (κ2) is 7.18. The first kappa shape index (κ1) is 15.4. The Morgan fingerprint density at radius 2 is 2.05 bits per heavy atom. The van der Waals surface area contributed by atoms with Gasteiger partial charge in [-0.2, -0.15) is 0 Å². The maximum absolute atomic E-state index is 13.1. The highest BCUT2D eigenvalue weighted by molar-refractivity contribution is 5.30. The summed E-state index contributed by atoms with van der Waals surface area (Å²) >= 11 is 0. The van der Waals surface area contributed by atoms with Gasteiger partial charge in [-0.15, -0.1) is 0 Å². The fraction of sp³-hybridized carbons (Fsp3) is 0.353. The number of nitrogens with zero attached hydrogens (tertiary/aromatic N) is 1. The molecule has 0 aliphatic heterocycles. The zero-order valence-corrected chi connectivity index (χ0v) is 12.7. The molecule has 4 heteroatoms. The molecule has 112 valence electrons. The SMILES string of the molecule is Cc1nc(Oc2cccc(F)c2)ccc1CNCC(C)C. The number of hydrogen-bond acceptors (Lipinski definition) is 3. The van der Waals surface area contributed by atoms with E-state index in [1.807, 2.05) is 19.1 Å². The molecule has 0 saturated heterocycles. The Labute approximate surface area is 125 Å². The molecule has 1 aromatic carbocycles. The Kier molecular flexibility index (Phi) is 5.28. The minimum Gasteiger partial charge on any atom is -0.439 e. The van der Waals surface area contributed by atoms with E-state index in [-0.39, 0.29) is 5.82 Å². The first-order valence-corrected chi connectivity index (χ1v) is 7.15. The normalized spacial score (nSPS) is 10.9. The summed E-state index contributed by atoms with van der Waals surface area (Å²) in [6, 6.07) is 9.85. The molecule has 2 rings (SSSR count). The molecule has 0 aliphatic carbocycles. The summed E-state index contributed by atoms with van der Waals surface area (Å²) in [6.45, 7) is 8.06. The van der Waals surface area contributed by atoms with Gasteiger partial charge in [-0.25, -0.2) is 9.37 Å². The molecule has 0 aliphatic rings. The van der Waals surface area contributed by atoms with Gasteiger partial charge < -0.3 is 10.1 Å². The summed E-state index contributed by atoms with van der Waals surface area (Å²) in [6.07, 6.45) is 0. The molecule has 21 heavy (non-hydrogen) atoms. The summed E-state index contributed by atoms with van der Waals surface area (Å²) in [4.78, 5) is 4.41. The predicted octanol–water partition coefficient (Wildman–Crippen LogP) is 4.07. The van der Waals surface area contributed by atoms with Crippen LogP contribution in [0.25, 0.3) is 0 Å². The average molecular weight is 288 g/mol. The van der Waals surface area contributed by atoms with E-state index in [4.69, 9.17) is 4.74 Å². The number of ether oxygens (including phenoxy) is 1. The van der Waals surface area contributed by atoms with Crippen molar-refractivity contribution in [3.05, 3.63) is 53.5 Å². The summed E-state index contributed by atoms with van der Waals surface area (Å²) in [7, 11) is 0. The maximum atomic E-state index is 13.1. The van der Waals surface area contributed by atoms with Crippen LogP contribution in [0.4, 0.5) is 4.39 Å². The summed E-state index contributed by atoms with van der Waals surface area (Å²) < 4.78 is 18.7. The second-order valence-electron chi connectivity index (χ2n) is 5.48. The Balaban J connectivity index is 2.01. The van der Waals surface area contributed by atoms with Crippen molar-refractivity contribution in [1.82, 2.24) is 10.3 Å². The minimum absolute atomic E-state index is 0.321. The van der Waals surface area contributed by atoms with Crippen molar-refractivity contribution in [2.24, 2.45) is 5.92 Å². The van der Waals surface area contributed by atoms with Crippen LogP contribution in [-0.2, 0) is 6.54 Å². The number of aryl methyl sites for hydroxylation is 1. The van der Waals surface area contributed by atoms with Gasteiger partial charge in [0.2, 0.25) is 5.88 Å². The van der Waals surface area contributed by atoms with Crippen molar-refractivity contribution in [3.8, 4) is 11.6 Å². The first-order chi connectivity index (χ1) is 10.0. The smallest absolute Gasteiger partial charge is 0.219 e. The Hall–Kier alpha value is -1.94. The molecular weight excluding hydrogens is 267 g/mol. The van der Waals surface area contributed by atoms with Crippen LogP contribution in [0.3, 0.4) is 0 Å². The number of aromatic nitrogens is 1. The molecule has 0 spiro atoms. The van der Waals surface area contributed by atoms with E-state index >= 15 is 0 Å². The van der Waals surface area contributed by atoms with Gasteiger partial charge in [0.1, 0.15) is 11.6 Å². The van der Waals surface area contributed by atoms with Crippen LogP contribution >= 0.6 is 0 Å². The minimum atomic E-state index is -0.321. The van der Waals surface area contributed by atoms with E-state index in [0.29, 0.717) is 17.5 Å². The lowest BCUT2D eigenvalue weighted by Crippen LogP contribution is -2.19. The van der Waals surface area contributed by atoms with E-state index in [9.17, 15) is 4.39 Å². The quantitative estimate of drug-likeness (QED) is 0.870. The standard InChI is InChI=1S/C17H21FN2O/c1-12(2)10-19-11-14-7-8-17(20-13(14)3)21-16-6-4-5-15(18)9-16/h4-9,12,19H,10-11H2,1-3H3. The fourth-order valence-corrected chi connectivity index (χ4v) is 1.96. The van der Waals surface area contributed by atoms with E-state index in [1.165, 1.54) is 12.1 Å². The van der Waals surface area contributed by atoms with Crippen LogP contribution < -0.4 is 10.1 Å². The monoisotopic (exact) mass is 288 g/mol. The third-order valence-electron chi connectivity index (χ3n) is 3.06. The van der Waals surface area contributed by atoms with E-state index < -0.39 is 0 Å². The van der Waals surface area contributed by atoms with Gasteiger partial charge in [-0.3, -0.25) is 0 Å². The van der Waals surface area contributed by atoms with Gasteiger partial charge in [0.05, 0.1) is 0 Å². The van der Waals surface area contributed by atoms with Crippen LogP contribution in [0.5, 0.6) is 11.6 Å². The van der Waals surface area contributed by atoms with Gasteiger partial charge in [0.25, 0.3) is 0 Å². The lowest BCUT2D eigenvalue weighted by molar-refractivity contribution is 0.456. The molecule has 1 aromatic heterocycles. The number of halogens is 1. The summed E-state index contributed by atoms with van der Waals surface area (Å²) in [5.74, 6) is 1.23. The first-order valence-electron chi connectivity index (χ1n) is 7.15. The molecule has 0 bridgehead atoms. The fourth-order valence-electron chi connectivity index (χ4n) is 1.96. The van der Waals surface area contributed by atoms with Crippen LogP contribution in [0, 0.1) is 18.7 Å². The molecule has 0 fully saturated rings. The molecule has 0 amide bonds. The molecule has 1 N–H and O–H groups in total. The molecule has 0 atom stereocenters. The molecule has 2 aromatic rings. The maximum Gasteiger partial charge on any atom is 0.219 e. The predicted molar refractivity (Wildman–Crippen MR) is 82.0 cm³/mol. The Bertz CT molecular complexity index is 599. The number of benzene rings is 1. The second-order valence-corrected chi connectivity index (χ2v) is 5.48. The van der Waals surface area contributed by atoms with Crippen molar-refractivity contribution in [2.45, 2.75) is 27.3 Å². The van der Waals surface area contributed by atoms with Crippen molar-refractivity contribution < 1.29 is 9.13 Å². The lowest BCUT2D eigenvalue weighted by Gasteiger charge is -2.11. The van der Waals surface area contributed by atoms with Crippen molar-refractivity contribution >= 4 is 0 Å². The Morgan fingerprint density at radius 1 is 1.24 bits per heavy atom. The van der Waals surface area contributed by atoms with Crippen LogP contribution in [0.15, 0.2) is 36.4 Å². The average Bonchev–Trinajstić information content (AvgIpc) is 2.41. The van der Waals surface area contributed by atoms with Gasteiger partial charge in [-0.05, 0) is 37.1 Å². The van der Waals surface area contributed by atoms with Gasteiger partial charge >= 0.3 is 0 Å². The van der Waals surface area contributed by atoms with Crippen molar-refractivity contribution in [1.29, 1.82) is 0 Å². The van der Waals surface area contributed by atoms with Gasteiger partial charge in [0.15, 0.2) is 0 Å². The van der Waals surface area contributed by atoms with Crippen LogP contribution in [-0.4, -0.2) is 11.5 Å². The zero-order valence-electron chi connectivity index (χ0n) is 12.7. The highest BCUT2D eigenvalue weighted by Crippen LogP contribution is 2.21. The van der Waals surface area contributed by atoms with Gasteiger partial charge in [0, 0.05) is 24.4 Å². The highest BCUT2D eigenvalue weighted by atomic mass is 19.1. The van der Waals surface area contributed by atoms with E-state index in [0.717, 1.165) is 24.3 Å². The largest absolute Gasteiger partial charge is 0.439 e. The molecule has 3 nitrogen and oxygen atoms in total. The third-order valence-corrected chi connectivity index (χ3v) is 3.06. The molecule has 0 saturated carbocycles. The highest BCUT2D eigenvalue weighted by Gasteiger charge is 2.05. The van der Waals surface area contributed by atoms with E-state index in [1.54, 1.807) is 12.1 Å². The lowest BCUT2D eigenvalue weighted by atomic mass is 10.2. The number of hydrogen-bond donors (Lipinski definition) is 1. The molecular formula is C17H21FN2O. The van der Waals surface area contributed by atoms with E-state index in [2.05, 4.69) is 24.1 Å². The molecule has 0 unspecified atom stereocenters. The Morgan fingerprint density at radius 3 is 2.71 bits per heavy atom. The molecule has 1 heterocycles.